The lowest BCUT2D eigenvalue weighted by Crippen LogP contribution is -2.35. The number of nitrogens with one attached hydrogen (secondary N) is 1. The zero-order chi connectivity index (χ0) is 15.9. The van der Waals surface area contributed by atoms with Gasteiger partial charge in [-0.3, -0.25) is 4.79 Å². The van der Waals surface area contributed by atoms with E-state index in [1.807, 2.05) is 19.1 Å². The lowest BCUT2D eigenvalue weighted by molar-refractivity contribution is -0.125. The van der Waals surface area contributed by atoms with Crippen molar-refractivity contribution in [3.05, 3.63) is 29.3 Å². The highest BCUT2D eigenvalue weighted by Gasteiger charge is 2.21. The third-order valence-electron chi connectivity index (χ3n) is 3.10. The van der Waals surface area contributed by atoms with Gasteiger partial charge in [-0.05, 0) is 35.9 Å². The lowest BCUT2D eigenvalue weighted by Gasteiger charge is -2.13. The average Bonchev–Trinajstić information content (AvgIpc) is 2.98. The third-order valence-corrected chi connectivity index (χ3v) is 3.36. The summed E-state index contributed by atoms with van der Waals surface area (Å²) in [5, 5.41) is 15.7. The molecule has 1 heterocycles. The Morgan fingerprint density at radius 1 is 1.41 bits per heavy atom. The van der Waals surface area contributed by atoms with Gasteiger partial charge in [0.15, 0.2) is 6.04 Å². The minimum absolute atomic E-state index is 0.153. The zero-order valence-corrected chi connectivity index (χ0v) is 13.2. The maximum atomic E-state index is 12.1. The van der Waals surface area contributed by atoms with Crippen molar-refractivity contribution in [2.24, 2.45) is 0 Å². The molecule has 1 aromatic carbocycles. The molecule has 2 rings (SSSR count). The molecule has 0 aliphatic rings. The van der Waals surface area contributed by atoms with Gasteiger partial charge in [-0.25, -0.2) is 0 Å². The molecule has 0 fully saturated rings. The average molecular weight is 324 g/mol. The molecular formula is C14H18ClN5O2. The molecule has 0 saturated heterocycles. The third kappa shape index (κ3) is 4.02. The molecule has 1 amide bonds. The van der Waals surface area contributed by atoms with E-state index in [-0.39, 0.29) is 5.91 Å². The number of nitrogens with zero attached hydrogens (tertiary/aromatic N) is 4. The first-order chi connectivity index (χ1) is 10.7. The number of ether oxygens (including phenoxy) is 1. The fourth-order valence-electron chi connectivity index (χ4n) is 1.92. The maximum Gasteiger partial charge on any atom is 0.246 e. The van der Waals surface area contributed by atoms with Crippen LogP contribution in [-0.4, -0.2) is 46.4 Å². The Hall–Kier alpha value is -1.99. The van der Waals surface area contributed by atoms with Gasteiger partial charge in [0.25, 0.3) is 0 Å². The molecule has 1 atom stereocenters. The molecule has 118 valence electrons. The van der Waals surface area contributed by atoms with Crippen molar-refractivity contribution < 1.29 is 9.53 Å². The number of hydrogen-bond donors (Lipinski definition) is 1. The number of benzene rings is 1. The van der Waals surface area contributed by atoms with Crippen molar-refractivity contribution in [3.63, 3.8) is 0 Å². The molecule has 22 heavy (non-hydrogen) atoms. The van der Waals surface area contributed by atoms with Crippen LogP contribution in [0.2, 0.25) is 5.02 Å². The van der Waals surface area contributed by atoms with Gasteiger partial charge in [0.2, 0.25) is 11.7 Å². The van der Waals surface area contributed by atoms with E-state index in [1.165, 1.54) is 4.80 Å². The summed E-state index contributed by atoms with van der Waals surface area (Å²) in [4.78, 5) is 13.5. The summed E-state index contributed by atoms with van der Waals surface area (Å²) in [6.07, 6.45) is 0.565. The zero-order valence-electron chi connectivity index (χ0n) is 12.5. The van der Waals surface area contributed by atoms with Crippen LogP contribution >= 0.6 is 11.6 Å². The monoisotopic (exact) mass is 323 g/mol. The van der Waals surface area contributed by atoms with Crippen molar-refractivity contribution in [2.45, 2.75) is 19.4 Å². The standard InChI is InChI=1S/C14H18ClN5O2/c1-3-12(14(21)16-8-9-22-2)20-18-13(17-19-20)10-4-6-11(15)7-5-10/h4-7,12H,3,8-9H2,1-2H3,(H,16,21). The molecular weight excluding hydrogens is 306 g/mol. The van der Waals surface area contributed by atoms with Gasteiger partial charge in [0, 0.05) is 24.2 Å². The molecule has 7 nitrogen and oxygen atoms in total. The van der Waals surface area contributed by atoms with E-state index >= 15 is 0 Å². The van der Waals surface area contributed by atoms with Gasteiger partial charge in [0.1, 0.15) is 0 Å². The lowest BCUT2D eigenvalue weighted by atomic mass is 10.2. The van der Waals surface area contributed by atoms with Crippen LogP contribution in [0, 0.1) is 0 Å². The fourth-order valence-corrected chi connectivity index (χ4v) is 2.05. The minimum Gasteiger partial charge on any atom is -0.383 e. The van der Waals surface area contributed by atoms with Crippen LogP contribution in [0.3, 0.4) is 0 Å². The molecule has 1 N–H and O–H groups in total. The van der Waals surface area contributed by atoms with Crippen molar-refractivity contribution in [1.82, 2.24) is 25.5 Å². The predicted molar refractivity (Wildman–Crippen MR) is 82.5 cm³/mol. The minimum atomic E-state index is -0.495. The summed E-state index contributed by atoms with van der Waals surface area (Å²) in [5.74, 6) is 0.305. The van der Waals surface area contributed by atoms with Crippen molar-refractivity contribution in [1.29, 1.82) is 0 Å². The summed E-state index contributed by atoms with van der Waals surface area (Å²) < 4.78 is 4.91. The molecule has 2 aromatic rings. The van der Waals surface area contributed by atoms with Crippen molar-refractivity contribution in [3.8, 4) is 11.4 Å². The second-order valence-electron chi connectivity index (χ2n) is 4.65. The second kappa shape index (κ2) is 7.86. The van der Waals surface area contributed by atoms with Crippen molar-refractivity contribution >= 4 is 17.5 Å². The highest BCUT2D eigenvalue weighted by molar-refractivity contribution is 6.30. The number of amides is 1. The molecule has 0 aliphatic heterocycles. The van der Waals surface area contributed by atoms with Crippen LogP contribution in [0.5, 0.6) is 0 Å². The van der Waals surface area contributed by atoms with Gasteiger partial charge in [-0.2, -0.15) is 4.80 Å². The van der Waals surface area contributed by atoms with Crippen LogP contribution in [0.1, 0.15) is 19.4 Å². The summed E-state index contributed by atoms with van der Waals surface area (Å²) >= 11 is 5.85. The number of carbonyl (C=O) groups is 1. The molecule has 8 heteroatoms. The Kier molecular flexibility index (Phi) is 5.85. The highest BCUT2D eigenvalue weighted by Crippen LogP contribution is 2.18. The summed E-state index contributed by atoms with van der Waals surface area (Å²) in [6, 6.07) is 6.64. The molecule has 0 radical (unpaired) electrons. The number of rotatable bonds is 7. The molecule has 0 spiro atoms. The largest absolute Gasteiger partial charge is 0.383 e. The number of tetrazole rings is 1. The molecule has 0 saturated carbocycles. The maximum absolute atomic E-state index is 12.1. The molecule has 0 bridgehead atoms. The highest BCUT2D eigenvalue weighted by atomic mass is 35.5. The molecule has 1 aromatic heterocycles. The van der Waals surface area contributed by atoms with E-state index < -0.39 is 6.04 Å². The first-order valence-electron chi connectivity index (χ1n) is 6.97. The summed E-state index contributed by atoms with van der Waals surface area (Å²) in [5.41, 5.74) is 0.797. The first kappa shape index (κ1) is 16.4. The Morgan fingerprint density at radius 2 is 2.14 bits per heavy atom. The van der Waals surface area contributed by atoms with E-state index in [1.54, 1.807) is 19.2 Å². The fraction of sp³-hybridized carbons (Fsp3) is 0.429. The van der Waals surface area contributed by atoms with Crippen LogP contribution < -0.4 is 5.32 Å². The quantitative estimate of drug-likeness (QED) is 0.784. The van der Waals surface area contributed by atoms with E-state index in [4.69, 9.17) is 16.3 Å². The van der Waals surface area contributed by atoms with Crippen LogP contribution in [0.15, 0.2) is 24.3 Å². The number of methoxy groups -OCH3 is 1. The first-order valence-corrected chi connectivity index (χ1v) is 7.35. The normalized spacial score (nSPS) is 12.1. The Bertz CT molecular complexity index is 614. The number of aromatic nitrogens is 4. The number of halogens is 1. The van der Waals surface area contributed by atoms with E-state index in [9.17, 15) is 4.79 Å². The number of hydrogen-bond acceptors (Lipinski definition) is 5. The SMILES string of the molecule is CCC(C(=O)NCCOC)n1nnc(-c2ccc(Cl)cc2)n1. The van der Waals surface area contributed by atoms with Crippen LogP contribution in [0.4, 0.5) is 0 Å². The summed E-state index contributed by atoms with van der Waals surface area (Å²) in [6.45, 7) is 2.81. The molecule has 1 unspecified atom stereocenters. The second-order valence-corrected chi connectivity index (χ2v) is 5.08. The Balaban J connectivity index is 2.10. The van der Waals surface area contributed by atoms with Crippen LogP contribution in [-0.2, 0) is 9.53 Å². The van der Waals surface area contributed by atoms with Gasteiger partial charge < -0.3 is 10.1 Å². The smallest absolute Gasteiger partial charge is 0.246 e. The van der Waals surface area contributed by atoms with Crippen molar-refractivity contribution in [2.75, 3.05) is 20.3 Å². The Morgan fingerprint density at radius 3 is 2.77 bits per heavy atom. The van der Waals surface area contributed by atoms with Gasteiger partial charge in [0.05, 0.1) is 6.61 Å². The molecule has 0 aliphatic carbocycles. The van der Waals surface area contributed by atoms with E-state index in [0.717, 1.165) is 5.56 Å². The topological polar surface area (TPSA) is 81.9 Å². The summed E-state index contributed by atoms with van der Waals surface area (Å²) in [7, 11) is 1.58. The van der Waals surface area contributed by atoms with E-state index in [0.29, 0.717) is 30.4 Å². The Labute approximate surface area is 133 Å². The predicted octanol–water partition coefficient (Wildman–Crippen LogP) is 1.71. The van der Waals surface area contributed by atoms with Gasteiger partial charge >= 0.3 is 0 Å². The van der Waals surface area contributed by atoms with Gasteiger partial charge in [-0.1, -0.05) is 18.5 Å². The van der Waals surface area contributed by atoms with E-state index in [2.05, 4.69) is 20.7 Å². The van der Waals surface area contributed by atoms with Crippen LogP contribution in [0.25, 0.3) is 11.4 Å². The number of carbonyl (C=O) groups excluding carboxylic acids is 1. The van der Waals surface area contributed by atoms with Gasteiger partial charge in [-0.15, -0.1) is 10.2 Å².